The molecular weight excluding hydrogens is 210 g/mol. The average Bonchev–Trinajstić information content (AvgIpc) is 2.82. The van der Waals surface area contributed by atoms with Crippen molar-refractivity contribution in [1.29, 1.82) is 0 Å². The number of ketones is 1. The second-order valence-corrected chi connectivity index (χ2v) is 6.29. The standard InChI is InChI=1S/C15H27NO/c1-12-6-5-9-14(10-12)16(2)11-15(17)13-7-3-4-8-13/h12-14H,3-11H2,1-2H3. The van der Waals surface area contributed by atoms with Gasteiger partial charge in [-0.05, 0) is 38.6 Å². The van der Waals surface area contributed by atoms with Gasteiger partial charge in [-0.15, -0.1) is 0 Å². The summed E-state index contributed by atoms with van der Waals surface area (Å²) in [5.41, 5.74) is 0. The van der Waals surface area contributed by atoms with E-state index in [-0.39, 0.29) is 0 Å². The van der Waals surface area contributed by atoms with E-state index in [2.05, 4.69) is 18.9 Å². The Morgan fingerprint density at radius 1 is 1.12 bits per heavy atom. The zero-order chi connectivity index (χ0) is 12.3. The van der Waals surface area contributed by atoms with Crippen molar-refractivity contribution in [3.63, 3.8) is 0 Å². The Morgan fingerprint density at radius 3 is 2.47 bits per heavy atom. The van der Waals surface area contributed by atoms with Crippen molar-refractivity contribution in [1.82, 2.24) is 4.90 Å². The highest BCUT2D eigenvalue weighted by atomic mass is 16.1. The third kappa shape index (κ3) is 3.54. The van der Waals surface area contributed by atoms with Crippen LogP contribution in [0.4, 0.5) is 0 Å². The molecule has 2 rings (SSSR count). The van der Waals surface area contributed by atoms with Crippen molar-refractivity contribution < 1.29 is 4.79 Å². The topological polar surface area (TPSA) is 20.3 Å². The number of hydrogen-bond acceptors (Lipinski definition) is 2. The fourth-order valence-corrected chi connectivity index (χ4v) is 3.55. The summed E-state index contributed by atoms with van der Waals surface area (Å²) in [6.07, 6.45) is 10.1. The van der Waals surface area contributed by atoms with Crippen LogP contribution in [0.1, 0.15) is 58.3 Å². The molecule has 0 heterocycles. The Kier molecular flexibility index (Phi) is 4.61. The Labute approximate surface area is 106 Å². The van der Waals surface area contributed by atoms with E-state index in [1.165, 1.54) is 38.5 Å². The molecule has 0 saturated heterocycles. The number of carbonyl (C=O) groups excluding carboxylic acids is 1. The smallest absolute Gasteiger partial charge is 0.149 e. The molecule has 2 nitrogen and oxygen atoms in total. The van der Waals surface area contributed by atoms with Crippen LogP contribution in [0.25, 0.3) is 0 Å². The number of nitrogens with zero attached hydrogens (tertiary/aromatic N) is 1. The van der Waals surface area contributed by atoms with Gasteiger partial charge in [0.25, 0.3) is 0 Å². The quantitative estimate of drug-likeness (QED) is 0.748. The average molecular weight is 237 g/mol. The maximum atomic E-state index is 12.1. The number of Topliss-reactive ketones (excluding diaryl/α,β-unsaturated/α-hetero) is 1. The fourth-order valence-electron chi connectivity index (χ4n) is 3.55. The van der Waals surface area contributed by atoms with Gasteiger partial charge in [0.2, 0.25) is 0 Å². The number of carbonyl (C=O) groups is 1. The van der Waals surface area contributed by atoms with Crippen LogP contribution in [0.3, 0.4) is 0 Å². The predicted octanol–water partition coefficient (Wildman–Crippen LogP) is 3.26. The highest BCUT2D eigenvalue weighted by molar-refractivity contribution is 5.83. The lowest BCUT2D eigenvalue weighted by Crippen LogP contribution is -2.40. The molecule has 2 aliphatic rings. The van der Waals surface area contributed by atoms with Gasteiger partial charge in [0, 0.05) is 12.0 Å². The minimum absolute atomic E-state index is 0.387. The highest BCUT2D eigenvalue weighted by Gasteiger charge is 2.27. The number of likely N-dealkylation sites (N-methyl/N-ethyl adjacent to an activating group) is 1. The molecular formula is C15H27NO. The molecule has 0 aliphatic heterocycles. The van der Waals surface area contributed by atoms with Crippen molar-refractivity contribution in [2.24, 2.45) is 11.8 Å². The lowest BCUT2D eigenvalue weighted by molar-refractivity contribution is -0.124. The highest BCUT2D eigenvalue weighted by Crippen LogP contribution is 2.28. The van der Waals surface area contributed by atoms with Crippen molar-refractivity contribution in [2.75, 3.05) is 13.6 Å². The molecule has 2 heteroatoms. The molecule has 0 aromatic carbocycles. The van der Waals surface area contributed by atoms with Crippen molar-refractivity contribution in [3.05, 3.63) is 0 Å². The van der Waals surface area contributed by atoms with Crippen LogP contribution in [0.5, 0.6) is 0 Å². The lowest BCUT2D eigenvalue weighted by atomic mass is 9.86. The van der Waals surface area contributed by atoms with E-state index < -0.39 is 0 Å². The summed E-state index contributed by atoms with van der Waals surface area (Å²) >= 11 is 0. The molecule has 2 fully saturated rings. The van der Waals surface area contributed by atoms with Crippen LogP contribution in [-0.2, 0) is 4.79 Å². The first-order chi connectivity index (χ1) is 8.16. The van der Waals surface area contributed by atoms with Gasteiger partial charge in [-0.2, -0.15) is 0 Å². The maximum absolute atomic E-state index is 12.1. The summed E-state index contributed by atoms with van der Waals surface area (Å²) in [4.78, 5) is 14.5. The van der Waals surface area contributed by atoms with E-state index >= 15 is 0 Å². The molecule has 0 radical (unpaired) electrons. The summed E-state index contributed by atoms with van der Waals surface area (Å²) in [5, 5.41) is 0. The van der Waals surface area contributed by atoms with E-state index in [0.29, 0.717) is 24.3 Å². The van der Waals surface area contributed by atoms with Gasteiger partial charge in [0.15, 0.2) is 0 Å². The normalized spacial score (nSPS) is 31.0. The zero-order valence-electron chi connectivity index (χ0n) is 11.5. The first-order valence-electron chi connectivity index (χ1n) is 7.39. The monoisotopic (exact) mass is 237 g/mol. The summed E-state index contributed by atoms with van der Waals surface area (Å²) in [5.74, 6) is 1.74. The molecule has 2 saturated carbocycles. The lowest BCUT2D eigenvalue weighted by Gasteiger charge is -2.34. The predicted molar refractivity (Wildman–Crippen MR) is 71.0 cm³/mol. The van der Waals surface area contributed by atoms with Gasteiger partial charge in [0.1, 0.15) is 5.78 Å². The maximum Gasteiger partial charge on any atom is 0.149 e. The molecule has 2 unspecified atom stereocenters. The number of rotatable bonds is 4. The van der Waals surface area contributed by atoms with Gasteiger partial charge in [0.05, 0.1) is 6.54 Å². The summed E-state index contributed by atoms with van der Waals surface area (Å²) in [6, 6.07) is 0.657. The fraction of sp³-hybridized carbons (Fsp3) is 0.933. The van der Waals surface area contributed by atoms with Gasteiger partial charge >= 0.3 is 0 Å². The van der Waals surface area contributed by atoms with E-state index in [1.807, 2.05) is 0 Å². The first kappa shape index (κ1) is 13.1. The summed E-state index contributed by atoms with van der Waals surface area (Å²) in [7, 11) is 2.15. The molecule has 0 N–H and O–H groups in total. The second kappa shape index (κ2) is 5.99. The van der Waals surface area contributed by atoms with E-state index in [1.54, 1.807) is 0 Å². The van der Waals surface area contributed by atoms with E-state index in [4.69, 9.17) is 0 Å². The van der Waals surface area contributed by atoms with Gasteiger partial charge in [-0.1, -0.05) is 32.6 Å². The zero-order valence-corrected chi connectivity index (χ0v) is 11.5. The van der Waals surface area contributed by atoms with E-state index in [0.717, 1.165) is 18.8 Å². The Morgan fingerprint density at radius 2 is 1.82 bits per heavy atom. The van der Waals surface area contributed by atoms with Gasteiger partial charge in [-0.3, -0.25) is 9.69 Å². The Balaban J connectivity index is 1.79. The minimum Gasteiger partial charge on any atom is -0.298 e. The molecule has 0 bridgehead atoms. The molecule has 98 valence electrons. The van der Waals surface area contributed by atoms with Crippen LogP contribution < -0.4 is 0 Å². The Bertz CT molecular complexity index is 258. The minimum atomic E-state index is 0.387. The molecule has 17 heavy (non-hydrogen) atoms. The first-order valence-corrected chi connectivity index (χ1v) is 7.39. The van der Waals surface area contributed by atoms with Crippen LogP contribution in [0.2, 0.25) is 0 Å². The molecule has 2 aliphatic carbocycles. The van der Waals surface area contributed by atoms with Crippen LogP contribution in [0, 0.1) is 11.8 Å². The van der Waals surface area contributed by atoms with Crippen LogP contribution in [0.15, 0.2) is 0 Å². The number of hydrogen-bond donors (Lipinski definition) is 0. The van der Waals surface area contributed by atoms with E-state index in [9.17, 15) is 4.79 Å². The van der Waals surface area contributed by atoms with Crippen molar-refractivity contribution >= 4 is 5.78 Å². The Hall–Kier alpha value is -0.370. The van der Waals surface area contributed by atoms with Crippen LogP contribution in [-0.4, -0.2) is 30.3 Å². The van der Waals surface area contributed by atoms with Gasteiger partial charge in [-0.25, -0.2) is 0 Å². The molecule has 0 amide bonds. The summed E-state index contributed by atoms with van der Waals surface area (Å²) < 4.78 is 0. The third-order valence-corrected chi connectivity index (χ3v) is 4.75. The third-order valence-electron chi connectivity index (χ3n) is 4.75. The summed E-state index contributed by atoms with van der Waals surface area (Å²) in [6.45, 7) is 3.04. The molecule has 0 aromatic heterocycles. The molecule has 0 spiro atoms. The molecule has 0 aromatic rings. The molecule has 2 atom stereocenters. The van der Waals surface area contributed by atoms with Crippen molar-refractivity contribution in [3.8, 4) is 0 Å². The second-order valence-electron chi connectivity index (χ2n) is 6.29. The largest absolute Gasteiger partial charge is 0.298 e. The van der Waals surface area contributed by atoms with Crippen LogP contribution >= 0.6 is 0 Å². The van der Waals surface area contributed by atoms with Gasteiger partial charge < -0.3 is 0 Å². The van der Waals surface area contributed by atoms with Crippen molar-refractivity contribution in [2.45, 2.75) is 64.3 Å². The SMILES string of the molecule is CC1CCCC(N(C)CC(=O)C2CCCC2)C1.